The molecule has 5 nitrogen and oxygen atoms in total. The summed E-state index contributed by atoms with van der Waals surface area (Å²) in [7, 11) is 0. The minimum absolute atomic E-state index is 0.0699. The van der Waals surface area contributed by atoms with E-state index in [4.69, 9.17) is 11.6 Å². The molecule has 1 N–H and O–H groups in total. The van der Waals surface area contributed by atoms with Gasteiger partial charge in [-0.1, -0.05) is 24.9 Å². The van der Waals surface area contributed by atoms with Crippen LogP contribution in [0.25, 0.3) is 0 Å². The zero-order chi connectivity index (χ0) is 18.0. The standard InChI is InChI=1S/C18H21ClFN3O2/c1-2-3-4-15-21-17(25)18(22-15)5-7-23(8-6-18)16(24)12-9-13(19)11-14(20)10-12/h9-11H,2-8H2,1H3,(H,21,22,25). The molecule has 1 fully saturated rings. The number of piperidine rings is 1. The average molecular weight is 366 g/mol. The van der Waals surface area contributed by atoms with Gasteiger partial charge in [0.15, 0.2) is 0 Å². The molecule has 2 aliphatic heterocycles. The Bertz CT molecular complexity index is 707. The van der Waals surface area contributed by atoms with E-state index in [2.05, 4.69) is 17.2 Å². The summed E-state index contributed by atoms with van der Waals surface area (Å²) in [4.78, 5) is 31.2. The van der Waals surface area contributed by atoms with Crippen LogP contribution in [0.1, 0.15) is 49.4 Å². The molecule has 1 spiro atoms. The van der Waals surface area contributed by atoms with Crippen molar-refractivity contribution >= 4 is 29.3 Å². The van der Waals surface area contributed by atoms with Crippen LogP contribution in [0.5, 0.6) is 0 Å². The second-order valence-electron chi connectivity index (χ2n) is 6.60. The first-order valence-electron chi connectivity index (χ1n) is 8.59. The maximum absolute atomic E-state index is 13.5. The van der Waals surface area contributed by atoms with E-state index in [-0.39, 0.29) is 22.4 Å². The Morgan fingerprint density at radius 3 is 2.72 bits per heavy atom. The maximum atomic E-state index is 13.5. The summed E-state index contributed by atoms with van der Waals surface area (Å²) in [6.45, 7) is 2.91. The highest BCUT2D eigenvalue weighted by molar-refractivity contribution is 6.31. The number of unbranched alkanes of at least 4 members (excludes halogenated alkanes) is 1. The normalized spacial score (nSPS) is 19.1. The van der Waals surface area contributed by atoms with Gasteiger partial charge in [0.2, 0.25) is 0 Å². The molecule has 0 saturated carbocycles. The second-order valence-corrected chi connectivity index (χ2v) is 7.03. The minimum atomic E-state index is -0.751. The van der Waals surface area contributed by atoms with Crippen LogP contribution in [0.4, 0.5) is 4.39 Å². The minimum Gasteiger partial charge on any atom is -0.338 e. The number of halogens is 2. The molecule has 134 valence electrons. The van der Waals surface area contributed by atoms with Crippen molar-refractivity contribution < 1.29 is 14.0 Å². The van der Waals surface area contributed by atoms with E-state index in [1.54, 1.807) is 4.90 Å². The van der Waals surface area contributed by atoms with Gasteiger partial charge in [-0.05, 0) is 37.5 Å². The molecule has 0 aromatic heterocycles. The van der Waals surface area contributed by atoms with E-state index in [1.807, 2.05) is 0 Å². The second kappa shape index (κ2) is 7.12. The van der Waals surface area contributed by atoms with Gasteiger partial charge in [0.25, 0.3) is 11.8 Å². The van der Waals surface area contributed by atoms with Gasteiger partial charge in [-0.3, -0.25) is 14.6 Å². The molecular weight excluding hydrogens is 345 g/mol. The Hall–Kier alpha value is -1.95. The van der Waals surface area contributed by atoms with E-state index >= 15 is 0 Å². The number of amides is 2. The number of hydrogen-bond donors (Lipinski definition) is 1. The van der Waals surface area contributed by atoms with Crippen LogP contribution >= 0.6 is 11.6 Å². The lowest BCUT2D eigenvalue weighted by Gasteiger charge is -2.35. The summed E-state index contributed by atoms with van der Waals surface area (Å²) in [6, 6.07) is 3.81. The zero-order valence-electron chi connectivity index (χ0n) is 14.1. The quantitative estimate of drug-likeness (QED) is 0.890. The fourth-order valence-corrected chi connectivity index (χ4v) is 3.55. The number of nitrogens with one attached hydrogen (secondary N) is 1. The lowest BCUT2D eigenvalue weighted by atomic mass is 9.87. The number of carbonyl (C=O) groups is 2. The highest BCUT2D eigenvalue weighted by atomic mass is 35.5. The van der Waals surface area contributed by atoms with Crippen LogP contribution in [-0.2, 0) is 4.79 Å². The van der Waals surface area contributed by atoms with Crippen molar-refractivity contribution in [3.63, 3.8) is 0 Å². The number of amidine groups is 1. The summed E-state index contributed by atoms with van der Waals surface area (Å²) in [5.41, 5.74) is -0.525. The van der Waals surface area contributed by atoms with Gasteiger partial charge in [-0.2, -0.15) is 0 Å². The Morgan fingerprint density at radius 2 is 2.08 bits per heavy atom. The monoisotopic (exact) mass is 365 g/mol. The third-order valence-corrected chi connectivity index (χ3v) is 5.00. The first kappa shape index (κ1) is 17.9. The van der Waals surface area contributed by atoms with Gasteiger partial charge in [-0.15, -0.1) is 0 Å². The van der Waals surface area contributed by atoms with Crippen molar-refractivity contribution in [3.8, 4) is 0 Å². The number of hydrogen-bond acceptors (Lipinski definition) is 3. The summed E-state index contributed by atoms with van der Waals surface area (Å²) < 4.78 is 13.5. The molecule has 0 bridgehead atoms. The topological polar surface area (TPSA) is 61.8 Å². The van der Waals surface area contributed by atoms with Crippen molar-refractivity contribution in [2.75, 3.05) is 13.1 Å². The summed E-state index contributed by atoms with van der Waals surface area (Å²) in [5.74, 6) is -0.127. The SMILES string of the molecule is CCCCC1=NC2(CCN(C(=O)c3cc(F)cc(Cl)c3)CC2)C(=O)N1. The van der Waals surface area contributed by atoms with E-state index in [9.17, 15) is 14.0 Å². The van der Waals surface area contributed by atoms with Crippen LogP contribution in [-0.4, -0.2) is 41.2 Å². The predicted molar refractivity (Wildman–Crippen MR) is 94.4 cm³/mol. The largest absolute Gasteiger partial charge is 0.338 e. The first-order chi connectivity index (χ1) is 11.9. The summed E-state index contributed by atoms with van der Waals surface area (Å²) in [6.07, 6.45) is 3.75. The number of carbonyl (C=O) groups excluding carboxylic acids is 2. The third kappa shape index (κ3) is 3.68. The molecular formula is C18H21ClFN3O2. The van der Waals surface area contributed by atoms with Crippen molar-refractivity contribution in [1.29, 1.82) is 0 Å². The smallest absolute Gasteiger partial charge is 0.254 e. The molecule has 2 heterocycles. The molecule has 0 aliphatic carbocycles. The van der Waals surface area contributed by atoms with Crippen LogP contribution in [0, 0.1) is 5.82 Å². The Labute approximate surface area is 151 Å². The summed E-state index contributed by atoms with van der Waals surface area (Å²) in [5, 5.41) is 3.07. The van der Waals surface area contributed by atoms with E-state index in [1.165, 1.54) is 18.2 Å². The van der Waals surface area contributed by atoms with Crippen molar-refractivity contribution in [3.05, 3.63) is 34.6 Å². The molecule has 1 aromatic carbocycles. The molecule has 1 saturated heterocycles. The highest BCUT2D eigenvalue weighted by Gasteiger charge is 2.46. The Kier molecular flexibility index (Phi) is 5.08. The molecule has 0 unspecified atom stereocenters. The number of aliphatic imine (C=N–C) groups is 1. The number of likely N-dealkylation sites (tertiary alicyclic amines) is 1. The molecule has 3 rings (SSSR count). The molecule has 25 heavy (non-hydrogen) atoms. The number of benzene rings is 1. The predicted octanol–water partition coefficient (Wildman–Crippen LogP) is 3.17. The van der Waals surface area contributed by atoms with Gasteiger partial charge in [0, 0.05) is 30.1 Å². The lowest BCUT2D eigenvalue weighted by molar-refractivity contribution is -0.125. The molecule has 2 aliphatic rings. The molecule has 2 amide bonds. The number of nitrogens with zero attached hydrogens (tertiary/aromatic N) is 2. The summed E-state index contributed by atoms with van der Waals surface area (Å²) >= 11 is 5.83. The Balaban J connectivity index is 1.68. The van der Waals surface area contributed by atoms with Crippen molar-refractivity contribution in [2.24, 2.45) is 4.99 Å². The molecule has 0 radical (unpaired) electrons. The number of rotatable bonds is 4. The van der Waals surface area contributed by atoms with Crippen molar-refractivity contribution in [2.45, 2.75) is 44.6 Å². The maximum Gasteiger partial charge on any atom is 0.254 e. The van der Waals surface area contributed by atoms with Crippen LogP contribution < -0.4 is 5.32 Å². The van der Waals surface area contributed by atoms with E-state index in [0.29, 0.717) is 25.9 Å². The van der Waals surface area contributed by atoms with Gasteiger partial charge in [0.05, 0.1) is 0 Å². The van der Waals surface area contributed by atoms with E-state index in [0.717, 1.165) is 25.1 Å². The van der Waals surface area contributed by atoms with E-state index < -0.39 is 11.4 Å². The molecule has 7 heteroatoms. The van der Waals surface area contributed by atoms with Gasteiger partial charge in [-0.25, -0.2) is 4.39 Å². The lowest BCUT2D eigenvalue weighted by Crippen LogP contribution is -2.50. The van der Waals surface area contributed by atoms with Gasteiger partial charge >= 0.3 is 0 Å². The van der Waals surface area contributed by atoms with Crippen LogP contribution in [0.3, 0.4) is 0 Å². The van der Waals surface area contributed by atoms with Crippen LogP contribution in [0.15, 0.2) is 23.2 Å². The molecule has 1 aromatic rings. The molecule has 0 atom stereocenters. The highest BCUT2D eigenvalue weighted by Crippen LogP contribution is 2.31. The fraction of sp³-hybridized carbons (Fsp3) is 0.500. The van der Waals surface area contributed by atoms with Gasteiger partial charge in [0.1, 0.15) is 17.2 Å². The third-order valence-electron chi connectivity index (χ3n) is 4.78. The fourth-order valence-electron chi connectivity index (χ4n) is 3.33. The first-order valence-corrected chi connectivity index (χ1v) is 8.97. The Morgan fingerprint density at radius 1 is 1.36 bits per heavy atom. The zero-order valence-corrected chi connectivity index (χ0v) is 14.9. The van der Waals surface area contributed by atoms with Crippen LogP contribution in [0.2, 0.25) is 5.02 Å². The average Bonchev–Trinajstić information content (AvgIpc) is 2.88. The van der Waals surface area contributed by atoms with Crippen molar-refractivity contribution in [1.82, 2.24) is 10.2 Å². The van der Waals surface area contributed by atoms with Gasteiger partial charge < -0.3 is 10.2 Å².